The molecule has 1 aromatic heterocycles. The van der Waals surface area contributed by atoms with Gasteiger partial charge in [0.2, 0.25) is 0 Å². The van der Waals surface area contributed by atoms with E-state index in [4.69, 9.17) is 23.8 Å². The third kappa shape index (κ3) is 2.90. The number of aromatic nitrogens is 2. The number of H-pyrrole nitrogens is 1. The average molecular weight is 316 g/mol. The number of rotatable bonds is 2. The fourth-order valence-corrected chi connectivity index (χ4v) is 1.80. The van der Waals surface area contributed by atoms with E-state index in [1.165, 1.54) is 0 Å². The van der Waals surface area contributed by atoms with Crippen LogP contribution in [0.2, 0.25) is 5.02 Å². The number of nitrogens with zero attached hydrogens (tertiary/aromatic N) is 1. The Labute approximate surface area is 112 Å². The molecule has 0 radical (unpaired) electrons. The standard InChI is InChI=1S/C11H8BrClN2S/c12-9-6-14-10(15-11(9)16)5-7-1-3-8(13)4-2-7/h1-4,6H,5H2,(H,14,15,16). The SMILES string of the molecule is S=c1[nH]c(Cc2ccc(Cl)cc2)ncc1Br. The Morgan fingerprint density at radius 3 is 2.62 bits per heavy atom. The lowest BCUT2D eigenvalue weighted by atomic mass is 10.1. The van der Waals surface area contributed by atoms with Crippen LogP contribution in [-0.4, -0.2) is 9.97 Å². The summed E-state index contributed by atoms with van der Waals surface area (Å²) in [5, 5.41) is 0.737. The van der Waals surface area contributed by atoms with Gasteiger partial charge in [-0.05, 0) is 33.6 Å². The van der Waals surface area contributed by atoms with E-state index in [9.17, 15) is 0 Å². The van der Waals surface area contributed by atoms with Crippen LogP contribution in [0.4, 0.5) is 0 Å². The van der Waals surface area contributed by atoms with Gasteiger partial charge in [-0.3, -0.25) is 0 Å². The molecule has 2 aromatic rings. The van der Waals surface area contributed by atoms with Gasteiger partial charge in [-0.15, -0.1) is 0 Å². The van der Waals surface area contributed by atoms with Gasteiger partial charge < -0.3 is 4.98 Å². The van der Waals surface area contributed by atoms with E-state index in [1.54, 1.807) is 6.20 Å². The maximum atomic E-state index is 5.81. The summed E-state index contributed by atoms with van der Waals surface area (Å²) in [5.41, 5.74) is 1.14. The number of benzene rings is 1. The molecule has 5 heteroatoms. The van der Waals surface area contributed by atoms with Crippen LogP contribution in [0.3, 0.4) is 0 Å². The lowest BCUT2D eigenvalue weighted by Gasteiger charge is -2.02. The summed E-state index contributed by atoms with van der Waals surface area (Å²) in [5.74, 6) is 0.843. The molecule has 1 heterocycles. The van der Waals surface area contributed by atoms with Crippen molar-refractivity contribution in [3.63, 3.8) is 0 Å². The first-order valence-electron chi connectivity index (χ1n) is 4.63. The van der Waals surface area contributed by atoms with Crippen molar-refractivity contribution in [1.82, 2.24) is 9.97 Å². The van der Waals surface area contributed by atoms with Crippen LogP contribution in [0.25, 0.3) is 0 Å². The quantitative estimate of drug-likeness (QED) is 0.844. The molecule has 0 atom stereocenters. The molecule has 0 bridgehead atoms. The zero-order valence-electron chi connectivity index (χ0n) is 8.21. The molecule has 16 heavy (non-hydrogen) atoms. The number of nitrogens with one attached hydrogen (secondary N) is 1. The third-order valence-corrected chi connectivity index (χ3v) is 3.53. The van der Waals surface area contributed by atoms with Gasteiger partial charge in [-0.2, -0.15) is 0 Å². The third-order valence-electron chi connectivity index (χ3n) is 2.09. The van der Waals surface area contributed by atoms with Gasteiger partial charge in [0.25, 0.3) is 0 Å². The molecular formula is C11H8BrClN2S. The van der Waals surface area contributed by atoms with Gasteiger partial charge in [0, 0.05) is 17.6 Å². The van der Waals surface area contributed by atoms with E-state index in [2.05, 4.69) is 25.9 Å². The van der Waals surface area contributed by atoms with E-state index in [-0.39, 0.29) is 0 Å². The van der Waals surface area contributed by atoms with Crippen LogP contribution < -0.4 is 0 Å². The van der Waals surface area contributed by atoms with E-state index >= 15 is 0 Å². The zero-order valence-corrected chi connectivity index (χ0v) is 11.4. The van der Waals surface area contributed by atoms with Crippen molar-refractivity contribution in [2.75, 3.05) is 0 Å². The molecule has 0 fully saturated rings. The van der Waals surface area contributed by atoms with E-state index in [0.717, 1.165) is 20.9 Å². The first kappa shape index (κ1) is 11.8. The van der Waals surface area contributed by atoms with Crippen molar-refractivity contribution in [2.24, 2.45) is 0 Å². The Morgan fingerprint density at radius 1 is 1.31 bits per heavy atom. The molecule has 0 aliphatic heterocycles. The van der Waals surface area contributed by atoms with Crippen LogP contribution in [0.5, 0.6) is 0 Å². The van der Waals surface area contributed by atoms with E-state index < -0.39 is 0 Å². The number of halogens is 2. The summed E-state index contributed by atoms with van der Waals surface area (Å²) < 4.78 is 1.47. The predicted octanol–water partition coefficient (Wildman–Crippen LogP) is 4.15. The molecule has 2 nitrogen and oxygen atoms in total. The summed E-state index contributed by atoms with van der Waals surface area (Å²) in [7, 11) is 0. The van der Waals surface area contributed by atoms with Gasteiger partial charge in [-0.1, -0.05) is 36.0 Å². The highest BCUT2D eigenvalue weighted by atomic mass is 79.9. The zero-order chi connectivity index (χ0) is 11.5. The van der Waals surface area contributed by atoms with E-state index in [0.29, 0.717) is 11.1 Å². The average Bonchev–Trinajstić information content (AvgIpc) is 2.27. The molecule has 1 N–H and O–H groups in total. The molecule has 0 spiro atoms. The Bertz CT molecular complexity index is 551. The van der Waals surface area contributed by atoms with Crippen LogP contribution in [0.15, 0.2) is 34.9 Å². The highest BCUT2D eigenvalue weighted by Gasteiger charge is 1.99. The topological polar surface area (TPSA) is 28.7 Å². The fourth-order valence-electron chi connectivity index (χ4n) is 1.30. The maximum Gasteiger partial charge on any atom is 0.120 e. The van der Waals surface area contributed by atoms with Crippen molar-refractivity contribution in [1.29, 1.82) is 0 Å². The summed E-state index contributed by atoms with van der Waals surface area (Å²) >= 11 is 14.2. The monoisotopic (exact) mass is 314 g/mol. The highest BCUT2D eigenvalue weighted by Crippen LogP contribution is 2.13. The maximum absolute atomic E-state index is 5.81. The first-order chi connectivity index (χ1) is 7.65. The fraction of sp³-hybridized carbons (Fsp3) is 0.0909. The Morgan fingerprint density at radius 2 is 2.00 bits per heavy atom. The second kappa shape index (κ2) is 5.08. The van der Waals surface area contributed by atoms with Crippen LogP contribution in [-0.2, 0) is 6.42 Å². The Kier molecular flexibility index (Phi) is 3.74. The molecule has 82 valence electrons. The van der Waals surface area contributed by atoms with Gasteiger partial charge >= 0.3 is 0 Å². The van der Waals surface area contributed by atoms with Gasteiger partial charge in [0.1, 0.15) is 10.5 Å². The molecule has 0 saturated carbocycles. The number of hydrogen-bond acceptors (Lipinski definition) is 2. The van der Waals surface area contributed by atoms with Crippen molar-refractivity contribution >= 4 is 39.7 Å². The molecule has 2 rings (SSSR count). The van der Waals surface area contributed by atoms with Gasteiger partial charge in [0.05, 0.1) is 4.47 Å². The van der Waals surface area contributed by atoms with Gasteiger partial charge in [0.15, 0.2) is 0 Å². The van der Waals surface area contributed by atoms with Gasteiger partial charge in [-0.25, -0.2) is 4.98 Å². The van der Waals surface area contributed by atoms with Crippen LogP contribution in [0, 0.1) is 4.64 Å². The number of aromatic amines is 1. The molecule has 1 aromatic carbocycles. The largest absolute Gasteiger partial charge is 0.334 e. The van der Waals surface area contributed by atoms with Crippen molar-refractivity contribution in [3.05, 3.63) is 56.0 Å². The predicted molar refractivity (Wildman–Crippen MR) is 71.4 cm³/mol. The lowest BCUT2D eigenvalue weighted by Crippen LogP contribution is -1.96. The first-order valence-corrected chi connectivity index (χ1v) is 6.21. The van der Waals surface area contributed by atoms with Crippen LogP contribution in [0.1, 0.15) is 11.4 Å². The summed E-state index contributed by atoms with van der Waals surface area (Å²) in [4.78, 5) is 7.32. The summed E-state index contributed by atoms with van der Waals surface area (Å²) in [6.45, 7) is 0. The molecule has 0 amide bonds. The minimum absolute atomic E-state index is 0.666. The lowest BCUT2D eigenvalue weighted by molar-refractivity contribution is 0.953. The molecule has 0 aliphatic carbocycles. The molecular weight excluding hydrogens is 308 g/mol. The normalized spacial score (nSPS) is 10.4. The molecule has 0 unspecified atom stereocenters. The number of hydrogen-bond donors (Lipinski definition) is 1. The second-order valence-electron chi connectivity index (χ2n) is 3.31. The Balaban J connectivity index is 2.24. The van der Waals surface area contributed by atoms with Crippen LogP contribution >= 0.6 is 39.7 Å². The summed E-state index contributed by atoms with van der Waals surface area (Å²) in [6.07, 6.45) is 2.43. The summed E-state index contributed by atoms with van der Waals surface area (Å²) in [6, 6.07) is 7.68. The smallest absolute Gasteiger partial charge is 0.120 e. The Hall–Kier alpha value is -0.710. The second-order valence-corrected chi connectivity index (χ2v) is 5.01. The highest BCUT2D eigenvalue weighted by molar-refractivity contribution is 9.10. The minimum Gasteiger partial charge on any atom is -0.334 e. The molecule has 0 saturated heterocycles. The van der Waals surface area contributed by atoms with Crippen molar-refractivity contribution in [3.8, 4) is 0 Å². The van der Waals surface area contributed by atoms with Crippen molar-refractivity contribution < 1.29 is 0 Å². The minimum atomic E-state index is 0.666. The van der Waals surface area contributed by atoms with E-state index in [1.807, 2.05) is 24.3 Å². The van der Waals surface area contributed by atoms with Crippen molar-refractivity contribution in [2.45, 2.75) is 6.42 Å². The molecule has 0 aliphatic rings.